The molecule has 0 fully saturated rings. The number of hydrazine groups is 1. The van der Waals surface area contributed by atoms with Gasteiger partial charge in [-0.3, -0.25) is 0 Å². The summed E-state index contributed by atoms with van der Waals surface area (Å²) in [7, 11) is 0. The van der Waals surface area contributed by atoms with Crippen LogP contribution in [0.15, 0.2) is 30.5 Å². The third-order valence-electron chi connectivity index (χ3n) is 2.46. The number of hydrogen-bond acceptors (Lipinski definition) is 4. The van der Waals surface area contributed by atoms with E-state index in [-0.39, 0.29) is 5.69 Å². The highest BCUT2D eigenvalue weighted by molar-refractivity contribution is 5.64. The van der Waals surface area contributed by atoms with Crippen LogP contribution in [0.3, 0.4) is 0 Å². The summed E-state index contributed by atoms with van der Waals surface area (Å²) in [6.07, 6.45) is 1.48. The fraction of sp³-hybridized carbons (Fsp3) is 0.0833. The van der Waals surface area contributed by atoms with Crippen molar-refractivity contribution in [3.63, 3.8) is 0 Å². The number of nitrogens with two attached hydrogens (primary N) is 1. The highest BCUT2D eigenvalue weighted by Gasteiger charge is 2.11. The lowest BCUT2D eigenvalue weighted by Gasteiger charge is -2.11. The Morgan fingerprint density at radius 2 is 2.00 bits per heavy atom. The van der Waals surface area contributed by atoms with Gasteiger partial charge in [0, 0.05) is 18.0 Å². The summed E-state index contributed by atoms with van der Waals surface area (Å²) in [6, 6.07) is 5.72. The van der Waals surface area contributed by atoms with Gasteiger partial charge in [-0.05, 0) is 24.6 Å². The normalized spacial score (nSPS) is 10.2. The summed E-state index contributed by atoms with van der Waals surface area (Å²) < 4.78 is 27.3. The monoisotopic (exact) mass is 250 g/mol. The Morgan fingerprint density at radius 1 is 1.22 bits per heavy atom. The largest absolute Gasteiger partial charge is 0.351 e. The molecule has 2 aromatic rings. The minimum absolute atomic E-state index is 0.191. The lowest BCUT2D eigenvalue weighted by Crippen LogP contribution is -2.08. The first-order valence-corrected chi connectivity index (χ1v) is 5.26. The van der Waals surface area contributed by atoms with Crippen LogP contribution in [-0.4, -0.2) is 4.98 Å². The lowest BCUT2D eigenvalue weighted by atomic mass is 10.2. The molecule has 0 bridgehead atoms. The van der Waals surface area contributed by atoms with E-state index >= 15 is 0 Å². The van der Waals surface area contributed by atoms with Crippen molar-refractivity contribution in [3.05, 3.63) is 47.7 Å². The number of aryl methyl sites for hydroxylation is 1. The molecule has 0 spiro atoms. The summed E-state index contributed by atoms with van der Waals surface area (Å²) >= 11 is 0. The maximum Gasteiger partial charge on any atom is 0.152 e. The van der Waals surface area contributed by atoms with Crippen molar-refractivity contribution < 1.29 is 8.78 Å². The molecule has 0 aliphatic rings. The highest BCUT2D eigenvalue weighted by atomic mass is 19.1. The first-order chi connectivity index (χ1) is 8.61. The Hall–Kier alpha value is -2.21. The molecule has 0 unspecified atom stereocenters. The van der Waals surface area contributed by atoms with Gasteiger partial charge in [-0.25, -0.2) is 19.6 Å². The molecule has 1 aromatic heterocycles. The molecule has 0 amide bonds. The van der Waals surface area contributed by atoms with Crippen molar-refractivity contribution in [2.24, 2.45) is 5.84 Å². The molecule has 4 nitrogen and oxygen atoms in total. The number of nitrogens with one attached hydrogen (secondary N) is 2. The predicted octanol–water partition coefficient (Wildman–Crippen LogP) is 2.70. The van der Waals surface area contributed by atoms with E-state index < -0.39 is 11.6 Å². The number of pyridine rings is 1. The number of nitrogen functional groups attached to an aromatic ring is 1. The number of halogens is 2. The molecule has 0 saturated carbocycles. The summed E-state index contributed by atoms with van der Waals surface area (Å²) in [6.45, 7) is 1.57. The minimum Gasteiger partial charge on any atom is -0.351 e. The van der Waals surface area contributed by atoms with Crippen molar-refractivity contribution in [3.8, 4) is 0 Å². The van der Waals surface area contributed by atoms with Crippen LogP contribution < -0.4 is 16.6 Å². The number of nitrogens with zero attached hydrogens (tertiary/aromatic N) is 1. The molecule has 0 aliphatic carbocycles. The van der Waals surface area contributed by atoms with Gasteiger partial charge >= 0.3 is 0 Å². The third-order valence-corrected chi connectivity index (χ3v) is 2.46. The van der Waals surface area contributed by atoms with Crippen LogP contribution in [0.1, 0.15) is 5.56 Å². The van der Waals surface area contributed by atoms with E-state index in [0.717, 1.165) is 0 Å². The van der Waals surface area contributed by atoms with Gasteiger partial charge in [-0.15, -0.1) is 0 Å². The molecule has 1 aromatic carbocycles. The summed E-state index contributed by atoms with van der Waals surface area (Å²) in [5, 5.41) is 2.67. The summed E-state index contributed by atoms with van der Waals surface area (Å²) in [5.41, 5.74) is 3.02. The molecule has 0 atom stereocenters. The molecule has 0 saturated heterocycles. The SMILES string of the molecule is Cc1ccc(F)c(Nc2ccnc(NN)c2)c1F. The van der Waals surface area contributed by atoms with E-state index in [4.69, 9.17) is 5.84 Å². The Kier molecular flexibility index (Phi) is 3.38. The first kappa shape index (κ1) is 12.3. The van der Waals surface area contributed by atoms with Crippen molar-refractivity contribution in [1.82, 2.24) is 4.98 Å². The van der Waals surface area contributed by atoms with Crippen LogP contribution >= 0.6 is 0 Å². The van der Waals surface area contributed by atoms with Crippen LogP contribution in [0.4, 0.5) is 26.0 Å². The van der Waals surface area contributed by atoms with Gasteiger partial charge < -0.3 is 10.7 Å². The van der Waals surface area contributed by atoms with Gasteiger partial charge in [0.1, 0.15) is 17.3 Å². The molecular weight excluding hydrogens is 238 g/mol. The predicted molar refractivity (Wildman–Crippen MR) is 66.4 cm³/mol. The lowest BCUT2D eigenvalue weighted by molar-refractivity contribution is 0.585. The molecule has 1 heterocycles. The van der Waals surface area contributed by atoms with E-state index in [0.29, 0.717) is 17.1 Å². The van der Waals surface area contributed by atoms with Crippen molar-refractivity contribution >= 4 is 17.2 Å². The van der Waals surface area contributed by atoms with E-state index in [1.807, 2.05) is 0 Å². The highest BCUT2D eigenvalue weighted by Crippen LogP contribution is 2.25. The zero-order valence-electron chi connectivity index (χ0n) is 9.67. The third kappa shape index (κ3) is 2.38. The molecule has 6 heteroatoms. The van der Waals surface area contributed by atoms with E-state index in [9.17, 15) is 8.78 Å². The maximum atomic E-state index is 13.8. The summed E-state index contributed by atoms with van der Waals surface area (Å²) in [4.78, 5) is 3.90. The summed E-state index contributed by atoms with van der Waals surface area (Å²) in [5.74, 6) is 4.33. The Labute approximate surface area is 103 Å². The topological polar surface area (TPSA) is 63.0 Å². The van der Waals surface area contributed by atoms with Gasteiger partial charge in [0.05, 0.1) is 0 Å². The van der Waals surface area contributed by atoms with Gasteiger partial charge in [-0.2, -0.15) is 0 Å². The average molecular weight is 250 g/mol. The first-order valence-electron chi connectivity index (χ1n) is 5.26. The zero-order valence-corrected chi connectivity index (χ0v) is 9.67. The van der Waals surface area contributed by atoms with Crippen molar-refractivity contribution in [2.45, 2.75) is 6.92 Å². The van der Waals surface area contributed by atoms with Crippen LogP contribution in [0.5, 0.6) is 0 Å². The quantitative estimate of drug-likeness (QED) is 0.579. The van der Waals surface area contributed by atoms with E-state index in [2.05, 4.69) is 15.7 Å². The maximum absolute atomic E-state index is 13.8. The fourth-order valence-electron chi connectivity index (χ4n) is 1.50. The Morgan fingerprint density at radius 3 is 2.72 bits per heavy atom. The second-order valence-electron chi connectivity index (χ2n) is 3.75. The minimum atomic E-state index is -0.655. The number of hydrogen-bond donors (Lipinski definition) is 3. The average Bonchev–Trinajstić information content (AvgIpc) is 2.39. The molecule has 18 heavy (non-hydrogen) atoms. The second-order valence-corrected chi connectivity index (χ2v) is 3.75. The molecule has 2 rings (SSSR count). The Bertz CT molecular complexity index is 572. The Balaban J connectivity index is 2.36. The van der Waals surface area contributed by atoms with Gasteiger partial charge in [0.25, 0.3) is 0 Å². The van der Waals surface area contributed by atoms with Crippen LogP contribution in [0, 0.1) is 18.6 Å². The number of rotatable bonds is 3. The molecule has 4 N–H and O–H groups in total. The van der Waals surface area contributed by atoms with Gasteiger partial charge in [0.15, 0.2) is 5.82 Å². The van der Waals surface area contributed by atoms with Gasteiger partial charge in [0.2, 0.25) is 0 Å². The van der Waals surface area contributed by atoms with E-state index in [1.54, 1.807) is 19.1 Å². The van der Waals surface area contributed by atoms with Crippen LogP contribution in [0.2, 0.25) is 0 Å². The number of benzene rings is 1. The zero-order chi connectivity index (χ0) is 13.1. The van der Waals surface area contributed by atoms with Crippen molar-refractivity contribution in [2.75, 3.05) is 10.7 Å². The molecule has 94 valence electrons. The molecule has 0 aliphatic heterocycles. The molecular formula is C12H12F2N4. The fourth-order valence-corrected chi connectivity index (χ4v) is 1.50. The number of anilines is 3. The van der Waals surface area contributed by atoms with Gasteiger partial charge in [-0.1, -0.05) is 6.07 Å². The molecule has 0 radical (unpaired) electrons. The second kappa shape index (κ2) is 4.97. The van der Waals surface area contributed by atoms with Crippen LogP contribution in [-0.2, 0) is 0 Å². The van der Waals surface area contributed by atoms with E-state index in [1.165, 1.54) is 18.3 Å². The number of aromatic nitrogens is 1. The smallest absolute Gasteiger partial charge is 0.152 e. The van der Waals surface area contributed by atoms with Crippen molar-refractivity contribution in [1.29, 1.82) is 0 Å². The standard InChI is InChI=1S/C12H12F2N4/c1-7-2-3-9(13)12(11(7)14)17-8-4-5-16-10(6-8)18-15/h2-6H,15H2,1H3,(H2,16,17,18). The van der Waals surface area contributed by atoms with Crippen LogP contribution in [0.25, 0.3) is 0 Å².